The first-order valence-electron chi connectivity index (χ1n) is 7.73. The van der Waals surface area contributed by atoms with E-state index in [1.807, 2.05) is 16.6 Å². The number of carbonyl (C=O) groups is 1. The lowest BCUT2D eigenvalue weighted by atomic mass is 9.78. The third-order valence-electron chi connectivity index (χ3n) is 4.91. The number of aryl methyl sites for hydroxylation is 2. The fourth-order valence-corrected chi connectivity index (χ4v) is 4.33. The van der Waals surface area contributed by atoms with Gasteiger partial charge in [-0.1, -0.05) is 6.92 Å². The summed E-state index contributed by atoms with van der Waals surface area (Å²) in [7, 11) is 1.96. The van der Waals surface area contributed by atoms with Gasteiger partial charge in [-0.15, -0.1) is 0 Å². The van der Waals surface area contributed by atoms with E-state index in [1.165, 1.54) is 0 Å². The SMILES string of the molecule is CCc1nn(C)c(CN2CC3(CCNCC3)CC2=O)c1Br. The van der Waals surface area contributed by atoms with Crippen molar-refractivity contribution in [2.24, 2.45) is 12.5 Å². The number of nitrogens with zero attached hydrogens (tertiary/aromatic N) is 3. The van der Waals surface area contributed by atoms with E-state index in [-0.39, 0.29) is 5.41 Å². The van der Waals surface area contributed by atoms with Gasteiger partial charge in [0.05, 0.1) is 22.4 Å². The van der Waals surface area contributed by atoms with Crippen molar-refractivity contribution in [3.63, 3.8) is 0 Å². The molecule has 2 fully saturated rings. The van der Waals surface area contributed by atoms with E-state index >= 15 is 0 Å². The first-order valence-corrected chi connectivity index (χ1v) is 8.53. The monoisotopic (exact) mass is 354 g/mol. The van der Waals surface area contributed by atoms with Gasteiger partial charge in [0.2, 0.25) is 5.91 Å². The number of carbonyl (C=O) groups excluding carboxylic acids is 1. The molecule has 2 saturated heterocycles. The second kappa shape index (κ2) is 5.72. The quantitative estimate of drug-likeness (QED) is 0.900. The van der Waals surface area contributed by atoms with Crippen molar-refractivity contribution in [3.05, 3.63) is 15.9 Å². The maximum atomic E-state index is 12.4. The standard InChI is InChI=1S/C15H23BrN4O/c1-3-11-14(16)12(19(2)18-11)9-20-10-15(8-13(20)21)4-6-17-7-5-15/h17H,3-10H2,1-2H3. The number of aromatic nitrogens is 2. The Morgan fingerprint density at radius 3 is 2.71 bits per heavy atom. The van der Waals surface area contributed by atoms with Gasteiger partial charge in [-0.3, -0.25) is 9.48 Å². The molecule has 2 aliphatic rings. The Kier molecular flexibility index (Phi) is 4.10. The van der Waals surface area contributed by atoms with Crippen molar-refractivity contribution < 1.29 is 4.79 Å². The van der Waals surface area contributed by atoms with Crippen molar-refractivity contribution >= 4 is 21.8 Å². The molecule has 6 heteroatoms. The van der Waals surface area contributed by atoms with Crippen LogP contribution < -0.4 is 5.32 Å². The van der Waals surface area contributed by atoms with Crippen molar-refractivity contribution in [1.82, 2.24) is 20.0 Å². The molecule has 5 nitrogen and oxygen atoms in total. The zero-order chi connectivity index (χ0) is 15.0. The van der Waals surface area contributed by atoms with E-state index in [4.69, 9.17) is 0 Å². The summed E-state index contributed by atoms with van der Waals surface area (Å²) < 4.78 is 2.97. The Hall–Kier alpha value is -0.880. The summed E-state index contributed by atoms with van der Waals surface area (Å²) in [6.07, 6.45) is 3.84. The summed E-state index contributed by atoms with van der Waals surface area (Å²) >= 11 is 3.65. The van der Waals surface area contributed by atoms with Crippen LogP contribution in [0.15, 0.2) is 4.47 Å². The van der Waals surface area contributed by atoms with E-state index in [9.17, 15) is 4.79 Å². The highest BCUT2D eigenvalue weighted by atomic mass is 79.9. The first kappa shape index (κ1) is 15.0. The van der Waals surface area contributed by atoms with E-state index in [0.29, 0.717) is 18.9 Å². The fraction of sp³-hybridized carbons (Fsp3) is 0.733. The van der Waals surface area contributed by atoms with Crippen molar-refractivity contribution in [2.75, 3.05) is 19.6 Å². The third-order valence-corrected chi connectivity index (χ3v) is 5.83. The molecule has 3 rings (SSSR count). The molecule has 21 heavy (non-hydrogen) atoms. The molecule has 0 bridgehead atoms. The third kappa shape index (κ3) is 2.75. The zero-order valence-electron chi connectivity index (χ0n) is 12.8. The summed E-state index contributed by atoms with van der Waals surface area (Å²) in [5.74, 6) is 0.294. The number of halogens is 1. The maximum absolute atomic E-state index is 12.4. The number of amides is 1. The molecule has 0 atom stereocenters. The van der Waals surface area contributed by atoms with E-state index in [1.54, 1.807) is 0 Å². The second-order valence-corrected chi connectivity index (χ2v) is 7.15. The van der Waals surface area contributed by atoms with Crippen LogP contribution in [0.2, 0.25) is 0 Å². The van der Waals surface area contributed by atoms with Crippen LogP contribution in [-0.4, -0.2) is 40.2 Å². The number of rotatable bonds is 3. The Morgan fingerprint density at radius 1 is 1.38 bits per heavy atom. The zero-order valence-corrected chi connectivity index (χ0v) is 14.4. The van der Waals surface area contributed by atoms with Gasteiger partial charge in [-0.25, -0.2) is 0 Å². The minimum atomic E-state index is 0.209. The van der Waals surface area contributed by atoms with Crippen LogP contribution in [-0.2, 0) is 24.8 Å². The van der Waals surface area contributed by atoms with Gasteiger partial charge in [0.1, 0.15) is 0 Å². The number of hydrogen-bond donors (Lipinski definition) is 1. The smallest absolute Gasteiger partial charge is 0.223 e. The Balaban J connectivity index is 1.76. The molecule has 1 amide bonds. The van der Waals surface area contributed by atoms with Crippen LogP contribution in [0.5, 0.6) is 0 Å². The van der Waals surface area contributed by atoms with Gasteiger partial charge >= 0.3 is 0 Å². The van der Waals surface area contributed by atoms with E-state index in [2.05, 4.69) is 33.3 Å². The molecule has 1 N–H and O–H groups in total. The minimum Gasteiger partial charge on any atom is -0.336 e. The lowest BCUT2D eigenvalue weighted by Gasteiger charge is -2.33. The van der Waals surface area contributed by atoms with Gasteiger partial charge < -0.3 is 10.2 Å². The van der Waals surface area contributed by atoms with Crippen LogP contribution in [0, 0.1) is 5.41 Å². The maximum Gasteiger partial charge on any atom is 0.223 e. The summed E-state index contributed by atoms with van der Waals surface area (Å²) in [6.45, 7) is 5.74. The van der Waals surface area contributed by atoms with Crippen LogP contribution in [0.1, 0.15) is 37.6 Å². The summed E-state index contributed by atoms with van der Waals surface area (Å²) in [5.41, 5.74) is 2.38. The Morgan fingerprint density at radius 2 is 2.10 bits per heavy atom. The Bertz CT molecular complexity index is 548. The van der Waals surface area contributed by atoms with Crippen molar-refractivity contribution in [2.45, 2.75) is 39.2 Å². The molecular formula is C15H23BrN4O. The minimum absolute atomic E-state index is 0.209. The highest BCUT2D eigenvalue weighted by molar-refractivity contribution is 9.10. The van der Waals surface area contributed by atoms with Crippen LogP contribution in [0.3, 0.4) is 0 Å². The molecule has 1 aromatic heterocycles. The van der Waals surface area contributed by atoms with Gasteiger partial charge in [-0.05, 0) is 53.7 Å². The van der Waals surface area contributed by atoms with E-state index < -0.39 is 0 Å². The summed E-state index contributed by atoms with van der Waals surface area (Å²) in [6, 6.07) is 0. The second-order valence-electron chi connectivity index (χ2n) is 6.36. The van der Waals surface area contributed by atoms with Crippen molar-refractivity contribution in [1.29, 1.82) is 0 Å². The molecule has 3 heterocycles. The molecule has 1 aromatic rings. The molecular weight excluding hydrogens is 332 g/mol. The van der Waals surface area contributed by atoms with Crippen LogP contribution in [0.25, 0.3) is 0 Å². The molecule has 2 aliphatic heterocycles. The molecule has 0 unspecified atom stereocenters. The molecule has 116 valence electrons. The van der Waals surface area contributed by atoms with Gasteiger partial charge in [0, 0.05) is 20.0 Å². The highest BCUT2D eigenvalue weighted by Gasteiger charge is 2.43. The predicted octanol–water partition coefficient (Wildman–Crippen LogP) is 1.85. The van der Waals surface area contributed by atoms with E-state index in [0.717, 1.165) is 54.8 Å². The number of piperidine rings is 1. The molecule has 0 radical (unpaired) electrons. The average Bonchev–Trinajstić information content (AvgIpc) is 2.91. The molecule has 0 aliphatic carbocycles. The average molecular weight is 355 g/mol. The van der Waals surface area contributed by atoms with Gasteiger partial charge in [0.15, 0.2) is 0 Å². The predicted molar refractivity (Wildman–Crippen MR) is 84.9 cm³/mol. The molecule has 1 spiro atoms. The largest absolute Gasteiger partial charge is 0.336 e. The van der Waals surface area contributed by atoms with Gasteiger partial charge in [-0.2, -0.15) is 5.10 Å². The highest BCUT2D eigenvalue weighted by Crippen LogP contribution is 2.40. The lowest BCUT2D eigenvalue weighted by molar-refractivity contribution is -0.128. The normalized spacial score (nSPS) is 21.5. The first-order chi connectivity index (χ1) is 10.0. The van der Waals surface area contributed by atoms with Crippen LogP contribution >= 0.6 is 15.9 Å². The van der Waals surface area contributed by atoms with Gasteiger partial charge in [0.25, 0.3) is 0 Å². The molecule has 0 aromatic carbocycles. The topological polar surface area (TPSA) is 50.2 Å². The Labute approximate surface area is 134 Å². The number of hydrogen-bond acceptors (Lipinski definition) is 3. The summed E-state index contributed by atoms with van der Waals surface area (Å²) in [4.78, 5) is 14.4. The van der Waals surface area contributed by atoms with Crippen molar-refractivity contribution in [3.8, 4) is 0 Å². The number of likely N-dealkylation sites (tertiary alicyclic amines) is 1. The molecule has 0 saturated carbocycles. The summed E-state index contributed by atoms with van der Waals surface area (Å²) in [5, 5.41) is 7.91. The lowest BCUT2D eigenvalue weighted by Crippen LogP contribution is -2.38. The van der Waals surface area contributed by atoms with Crippen LogP contribution in [0.4, 0.5) is 0 Å². The fourth-order valence-electron chi connectivity index (χ4n) is 3.59. The number of nitrogens with one attached hydrogen (secondary N) is 1.